The molecule has 0 radical (unpaired) electrons. The Balaban J connectivity index is 1.31. The van der Waals surface area contributed by atoms with Crippen LogP contribution in [0.3, 0.4) is 0 Å². The zero-order valence-electron chi connectivity index (χ0n) is 18.6. The van der Waals surface area contributed by atoms with Gasteiger partial charge in [-0.15, -0.1) is 11.3 Å². The minimum absolute atomic E-state index is 0.153. The summed E-state index contributed by atoms with van der Waals surface area (Å²) in [6, 6.07) is 22.7. The summed E-state index contributed by atoms with van der Waals surface area (Å²) in [4.78, 5) is 27.1. The molecule has 5 nitrogen and oxygen atoms in total. The number of carbonyl (C=O) groups excluding carboxylic acids is 2. The summed E-state index contributed by atoms with van der Waals surface area (Å²) in [5.74, 6) is 0.314. The van der Waals surface area contributed by atoms with Gasteiger partial charge in [0.1, 0.15) is 13.1 Å². The summed E-state index contributed by atoms with van der Waals surface area (Å²) in [6.07, 6.45) is 1.84. The number of Topliss-reactive ketones (excluding diaryl/α,β-unsaturated/α-hetero) is 1. The molecular formula is C27H29N2O3S+. The zero-order valence-corrected chi connectivity index (χ0v) is 19.4. The lowest BCUT2D eigenvalue weighted by Gasteiger charge is -2.51. The number of anilines is 1. The summed E-state index contributed by atoms with van der Waals surface area (Å²) in [5, 5.41) is 5.30. The number of quaternary nitrogens is 1. The fraction of sp³-hybridized carbons (Fsp3) is 0.333. The maximum absolute atomic E-state index is 13.4. The number of ether oxygens (including phenoxy) is 1. The number of nitrogens with one attached hydrogen (secondary N) is 1. The lowest BCUT2D eigenvalue weighted by Crippen LogP contribution is -2.65. The molecule has 3 aromatic rings. The molecule has 0 amide bonds. The van der Waals surface area contributed by atoms with Crippen molar-refractivity contribution in [3.63, 3.8) is 0 Å². The highest BCUT2D eigenvalue weighted by atomic mass is 32.1. The molecule has 3 saturated heterocycles. The molecule has 2 aromatic carbocycles. The van der Waals surface area contributed by atoms with Crippen molar-refractivity contribution in [2.45, 2.75) is 25.0 Å². The molecule has 3 aliphatic heterocycles. The molecule has 3 fully saturated rings. The van der Waals surface area contributed by atoms with Gasteiger partial charge in [-0.1, -0.05) is 54.6 Å². The van der Waals surface area contributed by atoms with Crippen molar-refractivity contribution in [2.24, 2.45) is 5.92 Å². The van der Waals surface area contributed by atoms with Crippen LogP contribution in [0.1, 0.15) is 34.1 Å². The molecular weight excluding hydrogens is 432 g/mol. The molecule has 1 aromatic heterocycles. The quantitative estimate of drug-likeness (QED) is 0.293. The van der Waals surface area contributed by atoms with E-state index in [-0.39, 0.29) is 17.9 Å². The maximum Gasteiger partial charge on any atom is 0.333 e. The van der Waals surface area contributed by atoms with Gasteiger partial charge in [0.2, 0.25) is 5.78 Å². The van der Waals surface area contributed by atoms with Gasteiger partial charge in [0.05, 0.1) is 18.0 Å². The molecule has 4 heterocycles. The normalized spacial score (nSPS) is 24.7. The van der Waals surface area contributed by atoms with Crippen LogP contribution in [-0.4, -0.2) is 48.5 Å². The first-order valence-electron chi connectivity index (χ1n) is 11.6. The minimum Gasteiger partial charge on any atom is -0.454 e. The smallest absolute Gasteiger partial charge is 0.333 e. The fourth-order valence-electron chi connectivity index (χ4n) is 5.24. The molecule has 0 spiro atoms. The molecule has 0 aliphatic carbocycles. The Kier molecular flexibility index (Phi) is 6.29. The van der Waals surface area contributed by atoms with E-state index in [1.165, 1.54) is 11.3 Å². The van der Waals surface area contributed by atoms with Crippen molar-refractivity contribution in [2.75, 3.05) is 31.5 Å². The van der Waals surface area contributed by atoms with Gasteiger partial charge in [-0.25, -0.2) is 4.79 Å². The Morgan fingerprint density at radius 2 is 1.67 bits per heavy atom. The first kappa shape index (κ1) is 21.9. The number of ketones is 1. The largest absolute Gasteiger partial charge is 0.454 e. The third kappa shape index (κ3) is 4.87. The number of hydrogen-bond acceptors (Lipinski definition) is 5. The second kappa shape index (κ2) is 9.49. The Bertz CT molecular complexity index is 1080. The number of nitrogens with zero attached hydrogens (tertiary/aromatic N) is 1. The number of rotatable bonds is 8. The van der Waals surface area contributed by atoms with E-state index < -0.39 is 6.04 Å². The van der Waals surface area contributed by atoms with Gasteiger partial charge >= 0.3 is 5.97 Å². The molecule has 1 N–H and O–H groups in total. The highest BCUT2D eigenvalue weighted by Gasteiger charge is 2.49. The number of benzene rings is 2. The summed E-state index contributed by atoms with van der Waals surface area (Å²) < 4.78 is 6.92. The van der Waals surface area contributed by atoms with Crippen LogP contribution in [-0.2, 0) is 9.53 Å². The van der Waals surface area contributed by atoms with Gasteiger partial charge < -0.3 is 14.5 Å². The number of hydrogen-bond donors (Lipinski definition) is 1. The molecule has 0 saturated carbocycles. The van der Waals surface area contributed by atoms with Gasteiger partial charge in [0.15, 0.2) is 12.1 Å². The SMILES string of the molecule is O=C(C[N+]12CCC(CC1)[C@@H](OC(=O)C(Nc1ccccc1)c1ccccc1)C2)c1cccs1. The number of piperidine rings is 3. The van der Waals surface area contributed by atoms with Gasteiger partial charge in [-0.05, 0) is 29.1 Å². The van der Waals surface area contributed by atoms with Gasteiger partial charge in [0, 0.05) is 24.4 Å². The first-order valence-corrected chi connectivity index (χ1v) is 12.5. The molecule has 6 rings (SSSR count). The molecule has 33 heavy (non-hydrogen) atoms. The molecule has 2 atom stereocenters. The summed E-state index contributed by atoms with van der Waals surface area (Å²) in [7, 11) is 0. The van der Waals surface area contributed by atoms with Crippen LogP contribution in [0.15, 0.2) is 78.2 Å². The van der Waals surface area contributed by atoms with E-state index in [0.717, 1.165) is 53.1 Å². The maximum atomic E-state index is 13.4. The molecule has 1 unspecified atom stereocenters. The Morgan fingerprint density at radius 1 is 0.970 bits per heavy atom. The van der Waals surface area contributed by atoms with Crippen molar-refractivity contribution < 1.29 is 18.8 Å². The van der Waals surface area contributed by atoms with Gasteiger partial charge in [-0.3, -0.25) is 4.79 Å². The molecule has 6 heteroatoms. The van der Waals surface area contributed by atoms with E-state index in [1.54, 1.807) is 0 Å². The third-order valence-corrected chi connectivity index (χ3v) is 7.95. The average molecular weight is 462 g/mol. The number of esters is 1. The fourth-order valence-corrected chi connectivity index (χ4v) is 5.90. The van der Waals surface area contributed by atoms with Crippen LogP contribution in [0.25, 0.3) is 0 Å². The van der Waals surface area contributed by atoms with Crippen molar-refractivity contribution >= 4 is 28.8 Å². The molecule has 2 bridgehead atoms. The third-order valence-electron chi connectivity index (χ3n) is 7.04. The lowest BCUT2D eigenvalue weighted by atomic mass is 9.83. The van der Waals surface area contributed by atoms with E-state index in [0.29, 0.717) is 12.5 Å². The van der Waals surface area contributed by atoms with Crippen LogP contribution in [0.2, 0.25) is 0 Å². The highest BCUT2D eigenvalue weighted by Crippen LogP contribution is 2.37. The van der Waals surface area contributed by atoms with Gasteiger partial charge in [-0.2, -0.15) is 0 Å². The second-order valence-electron chi connectivity index (χ2n) is 9.20. The molecule has 170 valence electrons. The van der Waals surface area contributed by atoms with E-state index in [2.05, 4.69) is 5.32 Å². The minimum atomic E-state index is -0.578. The van der Waals surface area contributed by atoms with E-state index in [4.69, 9.17) is 4.74 Å². The topological polar surface area (TPSA) is 55.4 Å². The van der Waals surface area contributed by atoms with Gasteiger partial charge in [0.25, 0.3) is 0 Å². The van der Waals surface area contributed by atoms with Crippen molar-refractivity contribution in [1.82, 2.24) is 0 Å². The number of carbonyl (C=O) groups is 2. The van der Waals surface area contributed by atoms with E-state index in [1.807, 2.05) is 78.2 Å². The van der Waals surface area contributed by atoms with E-state index >= 15 is 0 Å². The second-order valence-corrected chi connectivity index (χ2v) is 10.1. The highest BCUT2D eigenvalue weighted by molar-refractivity contribution is 7.12. The Hall–Kier alpha value is -2.96. The average Bonchev–Trinajstić information content (AvgIpc) is 3.40. The monoisotopic (exact) mass is 461 g/mol. The van der Waals surface area contributed by atoms with Crippen LogP contribution in [0.5, 0.6) is 0 Å². The lowest BCUT2D eigenvalue weighted by molar-refractivity contribution is -0.938. The number of thiophene rings is 1. The van der Waals surface area contributed by atoms with Crippen LogP contribution < -0.4 is 5.32 Å². The van der Waals surface area contributed by atoms with Crippen molar-refractivity contribution in [3.05, 3.63) is 88.6 Å². The number of fused-ring (bicyclic) bond motifs is 3. The van der Waals surface area contributed by atoms with Crippen molar-refractivity contribution in [1.29, 1.82) is 0 Å². The van der Waals surface area contributed by atoms with Crippen LogP contribution in [0.4, 0.5) is 5.69 Å². The predicted molar refractivity (Wildman–Crippen MR) is 130 cm³/mol. The van der Waals surface area contributed by atoms with Crippen LogP contribution in [0, 0.1) is 5.92 Å². The Labute approximate surface area is 198 Å². The zero-order chi connectivity index (χ0) is 22.7. The van der Waals surface area contributed by atoms with Crippen molar-refractivity contribution in [3.8, 4) is 0 Å². The summed E-state index contributed by atoms with van der Waals surface area (Å²) in [6.45, 7) is 3.19. The summed E-state index contributed by atoms with van der Waals surface area (Å²) in [5.41, 5.74) is 1.76. The first-order chi connectivity index (χ1) is 16.1. The van der Waals surface area contributed by atoms with E-state index in [9.17, 15) is 9.59 Å². The standard InChI is InChI=1S/C27H29N2O3S/c30-23(25-12-7-17-33-25)18-29-15-13-20(14-16-29)24(19-29)32-27(31)26(21-8-3-1-4-9-21)28-22-10-5-2-6-11-22/h1-12,17,20,24,26,28H,13-16,18-19H2/q+1/t20?,24-,26?,29?/m0/s1. The summed E-state index contributed by atoms with van der Waals surface area (Å²) >= 11 is 1.50. The molecule has 3 aliphatic rings. The predicted octanol–water partition coefficient (Wildman–Crippen LogP) is 4.94. The number of para-hydroxylation sites is 1. The van der Waals surface area contributed by atoms with Crippen LogP contribution >= 0.6 is 11.3 Å². The Morgan fingerprint density at radius 3 is 2.33 bits per heavy atom.